The van der Waals surface area contributed by atoms with Gasteiger partial charge in [-0.25, -0.2) is 4.79 Å². The molecule has 0 aliphatic heterocycles. The van der Waals surface area contributed by atoms with E-state index in [2.05, 4.69) is 62.5 Å². The molecule has 8 amide bonds. The molecule has 4 aromatic rings. The summed E-state index contributed by atoms with van der Waals surface area (Å²) < 4.78 is 0. The third kappa shape index (κ3) is 19.5. The molecule has 0 aliphatic rings. The largest absolute Gasteiger partial charge is 0.480 e. The minimum absolute atomic E-state index is 0.00445. The van der Waals surface area contributed by atoms with E-state index in [0.717, 1.165) is 0 Å². The number of guanidine groups is 2. The number of H-pyrrole nitrogens is 2. The average molecular weight is 1120 g/mol. The number of fused-ring (bicyclic) bond motifs is 2. The molecule has 4 rings (SSSR count). The van der Waals surface area contributed by atoms with E-state index in [0.29, 0.717) is 32.9 Å². The molecule has 0 saturated heterocycles. The van der Waals surface area contributed by atoms with Gasteiger partial charge in [-0.1, -0.05) is 50.2 Å². The summed E-state index contributed by atoms with van der Waals surface area (Å²) >= 11 is 0. The van der Waals surface area contributed by atoms with Crippen molar-refractivity contribution in [2.75, 3.05) is 39.5 Å². The van der Waals surface area contributed by atoms with Gasteiger partial charge in [-0.3, -0.25) is 48.3 Å². The Hall–Kier alpha value is -8.87. The number of nitrogens with two attached hydrogens (primary N) is 5. The summed E-state index contributed by atoms with van der Waals surface area (Å²) in [5, 5.41) is 60.4. The lowest BCUT2D eigenvalue weighted by Gasteiger charge is -2.28. The second-order valence-electron chi connectivity index (χ2n) is 18.9. The number of rotatable bonds is 33. The molecule has 0 fully saturated rings. The van der Waals surface area contributed by atoms with Crippen LogP contribution in [0.2, 0.25) is 0 Å². The lowest BCUT2D eigenvalue weighted by molar-refractivity contribution is -0.142. The second kappa shape index (κ2) is 31.5. The molecule has 0 saturated carbocycles. The Balaban J connectivity index is 1.60. The van der Waals surface area contributed by atoms with Crippen molar-refractivity contribution >= 4 is 87.0 Å². The average Bonchev–Trinajstić information content (AvgIpc) is 4.06. The highest BCUT2D eigenvalue weighted by Gasteiger charge is 2.35. The third-order valence-electron chi connectivity index (χ3n) is 12.5. The molecule has 0 spiro atoms. The van der Waals surface area contributed by atoms with Gasteiger partial charge in [0.15, 0.2) is 11.9 Å². The topological polar surface area (TPSA) is 517 Å². The first-order valence-corrected chi connectivity index (χ1v) is 25.5. The van der Waals surface area contributed by atoms with Crippen LogP contribution in [0.25, 0.3) is 21.8 Å². The summed E-state index contributed by atoms with van der Waals surface area (Å²) in [7, 11) is 0. The van der Waals surface area contributed by atoms with E-state index in [1.807, 2.05) is 0 Å². The number of aromatic nitrogens is 2. The zero-order chi connectivity index (χ0) is 59.1. The van der Waals surface area contributed by atoms with Gasteiger partial charge >= 0.3 is 5.97 Å². The van der Waals surface area contributed by atoms with Crippen LogP contribution < -0.4 is 71.2 Å². The zero-order valence-electron chi connectivity index (χ0n) is 44.2. The highest BCUT2D eigenvalue weighted by atomic mass is 16.4. The van der Waals surface area contributed by atoms with Crippen LogP contribution in [-0.4, -0.2) is 183 Å². The maximum Gasteiger partial charge on any atom is 0.326 e. The number of aliphatic hydroxyl groups excluding tert-OH is 3. The lowest BCUT2D eigenvalue weighted by atomic mass is 10.0. The van der Waals surface area contributed by atoms with Crippen molar-refractivity contribution in [2.24, 2.45) is 44.6 Å². The molecule has 24 N–H and O–H groups in total. The number of nitrogens with one attached hydrogen (secondary N) is 10. The smallest absolute Gasteiger partial charge is 0.326 e. The van der Waals surface area contributed by atoms with Gasteiger partial charge in [-0.05, 0) is 54.9 Å². The number of nitrogens with zero attached hydrogens (tertiary/aromatic N) is 2. The van der Waals surface area contributed by atoms with Crippen molar-refractivity contribution in [3.63, 3.8) is 0 Å². The summed E-state index contributed by atoms with van der Waals surface area (Å²) in [5.41, 5.74) is 29.7. The summed E-state index contributed by atoms with van der Waals surface area (Å²) in [4.78, 5) is 135. The van der Waals surface area contributed by atoms with Crippen LogP contribution in [0.1, 0.15) is 50.7 Å². The number of para-hydroxylation sites is 2. The maximum absolute atomic E-state index is 14.5. The molecule has 2 aromatic heterocycles. The number of amides is 8. The normalized spacial score (nSPS) is 14.1. The SMILES string of the molecule is CC(C)[C@H](NC(=O)CNC(=O)[C@H](CO)NC(=O)[C@@H](N)CO)C(=O)N[C@@H](CCCN=C(N)N)C(=O)N[C@@H](Cc1c[nH]c2ccccc12)C(=O)N[C@@H](CO)C(=O)N[C@@H](Cc1c[nH]c2ccccc12)C(=O)N[C@@H](CCCN=C(N)N)C(=O)O. The Morgan fingerprint density at radius 3 is 1.40 bits per heavy atom. The fourth-order valence-electron chi connectivity index (χ4n) is 8.14. The van der Waals surface area contributed by atoms with Crippen molar-refractivity contribution in [3.05, 3.63) is 72.1 Å². The molecular weight excluding hydrogens is 1050 g/mol. The van der Waals surface area contributed by atoms with E-state index in [1.165, 1.54) is 0 Å². The minimum atomic E-state index is -1.77. The Labute approximate surface area is 458 Å². The van der Waals surface area contributed by atoms with Crippen molar-refractivity contribution in [1.29, 1.82) is 0 Å². The van der Waals surface area contributed by atoms with Crippen LogP contribution in [0.15, 0.2) is 70.9 Å². The zero-order valence-corrected chi connectivity index (χ0v) is 44.2. The number of aliphatic carboxylic acids is 1. The molecule has 30 nitrogen and oxygen atoms in total. The molecule has 0 bridgehead atoms. The molecule has 0 unspecified atom stereocenters. The van der Waals surface area contributed by atoms with Gasteiger partial charge in [-0.15, -0.1) is 0 Å². The first kappa shape index (κ1) is 63.7. The van der Waals surface area contributed by atoms with E-state index in [1.54, 1.807) is 74.8 Å². The number of hydrogen-bond donors (Lipinski definition) is 19. The molecule has 436 valence electrons. The summed E-state index contributed by atoms with van der Waals surface area (Å²) in [6.45, 7) is -0.173. The van der Waals surface area contributed by atoms with Crippen LogP contribution in [-0.2, 0) is 56.0 Å². The van der Waals surface area contributed by atoms with E-state index in [9.17, 15) is 58.5 Å². The Morgan fingerprint density at radius 1 is 0.525 bits per heavy atom. The minimum Gasteiger partial charge on any atom is -0.480 e. The fraction of sp³-hybridized carbons (Fsp3) is 0.460. The van der Waals surface area contributed by atoms with Crippen LogP contribution >= 0.6 is 0 Å². The second-order valence-corrected chi connectivity index (χ2v) is 18.9. The molecule has 2 aromatic carbocycles. The molecular formula is C50H73N17O13. The lowest BCUT2D eigenvalue weighted by Crippen LogP contribution is -2.61. The molecule has 8 atom stereocenters. The number of carbonyl (C=O) groups is 9. The van der Waals surface area contributed by atoms with Gasteiger partial charge in [0, 0.05) is 60.1 Å². The van der Waals surface area contributed by atoms with Gasteiger partial charge in [0.05, 0.1) is 26.4 Å². The monoisotopic (exact) mass is 1120 g/mol. The first-order valence-electron chi connectivity index (χ1n) is 25.5. The van der Waals surface area contributed by atoms with Gasteiger partial charge in [0.2, 0.25) is 47.3 Å². The number of aliphatic imine (C=N–C) groups is 2. The van der Waals surface area contributed by atoms with Crippen LogP contribution in [0.5, 0.6) is 0 Å². The van der Waals surface area contributed by atoms with E-state index >= 15 is 0 Å². The predicted octanol–water partition coefficient (Wildman–Crippen LogP) is -5.90. The van der Waals surface area contributed by atoms with Crippen LogP contribution in [0.4, 0.5) is 0 Å². The summed E-state index contributed by atoms with van der Waals surface area (Å²) in [6, 6.07) is 2.18. The van der Waals surface area contributed by atoms with Gasteiger partial charge in [0.1, 0.15) is 48.3 Å². The van der Waals surface area contributed by atoms with Gasteiger partial charge in [-0.2, -0.15) is 0 Å². The Morgan fingerprint density at radius 2 is 0.938 bits per heavy atom. The maximum atomic E-state index is 14.5. The van der Waals surface area contributed by atoms with Crippen molar-refractivity contribution in [1.82, 2.24) is 52.5 Å². The Bertz CT molecular complexity index is 2850. The number of benzene rings is 2. The number of aliphatic hydroxyl groups is 3. The quantitative estimate of drug-likeness (QED) is 0.0120. The van der Waals surface area contributed by atoms with Gasteiger partial charge < -0.3 is 102 Å². The summed E-state index contributed by atoms with van der Waals surface area (Å²) in [5.74, 6) is -10.1. The summed E-state index contributed by atoms with van der Waals surface area (Å²) in [6.07, 6.45) is 2.83. The van der Waals surface area contributed by atoms with Gasteiger partial charge in [0.25, 0.3) is 0 Å². The molecule has 80 heavy (non-hydrogen) atoms. The number of hydrogen-bond acceptors (Lipinski definition) is 15. The van der Waals surface area contributed by atoms with Crippen molar-refractivity contribution < 1.29 is 63.6 Å². The van der Waals surface area contributed by atoms with Crippen LogP contribution in [0, 0.1) is 5.92 Å². The number of carboxylic acids is 1. The van der Waals surface area contributed by atoms with Crippen molar-refractivity contribution in [3.8, 4) is 0 Å². The van der Waals surface area contributed by atoms with E-state index in [4.69, 9.17) is 33.8 Å². The first-order chi connectivity index (χ1) is 38.1. The highest BCUT2D eigenvalue weighted by molar-refractivity contribution is 5.98. The van der Waals surface area contributed by atoms with Crippen molar-refractivity contribution in [2.45, 2.75) is 101 Å². The molecule has 0 aliphatic carbocycles. The highest BCUT2D eigenvalue weighted by Crippen LogP contribution is 2.21. The number of carboxylic acid groups (broad SMARTS) is 1. The Kier molecular flexibility index (Phi) is 25.1. The van der Waals surface area contributed by atoms with E-state index < -0.39 is 134 Å². The molecule has 2 heterocycles. The molecule has 30 heteroatoms. The number of aromatic amines is 2. The predicted molar refractivity (Wildman–Crippen MR) is 292 cm³/mol. The molecule has 0 radical (unpaired) electrons. The standard InChI is InChI=1S/C50H73N17O13/c1-25(2)40(67-39(71)21-60-42(73)37(23-69)65-41(72)30(51)22-68)47(78)61-33(13-7-15-56-49(52)53)43(74)63-36(18-27-20-59-32-12-6-4-10-29(27)32)45(76)66-38(24-70)46(77)64-35(17-26-19-58-31-11-5-3-9-28(26)31)44(75)62-34(48(79)80)14-8-16-57-50(54)55/h3-6,9-12,19-20,25,30,33-38,40,58-59,68-70H,7-8,13-18,21-24,51H2,1-2H3,(H,60,73)(H,61,78)(H,62,75)(H,63,74)(H,64,77)(H,65,72)(H,66,76)(H,67,71)(H,79,80)(H4,52,53,56)(H4,54,55,57)/t30-,33-,34-,35-,36-,37-,38-,40-/m0/s1. The number of carbonyl (C=O) groups excluding carboxylic acids is 8. The van der Waals surface area contributed by atoms with E-state index in [-0.39, 0.29) is 63.5 Å². The fourth-order valence-corrected chi connectivity index (χ4v) is 8.14. The van der Waals surface area contributed by atoms with Crippen LogP contribution in [0.3, 0.4) is 0 Å². The third-order valence-corrected chi connectivity index (χ3v) is 12.5.